The van der Waals surface area contributed by atoms with Crippen LogP contribution in [0.5, 0.6) is 5.75 Å². The summed E-state index contributed by atoms with van der Waals surface area (Å²) in [6.45, 7) is 0.345. The second-order valence-electron chi connectivity index (χ2n) is 7.65. The second-order valence-corrected chi connectivity index (χ2v) is 7.65. The molecule has 5 rings (SSSR count). The van der Waals surface area contributed by atoms with Gasteiger partial charge < -0.3 is 9.47 Å². The summed E-state index contributed by atoms with van der Waals surface area (Å²) in [6, 6.07) is 17.8. The first-order valence-electron chi connectivity index (χ1n) is 10.2. The molecule has 0 N–H and O–H groups in total. The third kappa shape index (κ3) is 3.37. The van der Waals surface area contributed by atoms with Gasteiger partial charge in [0.15, 0.2) is 17.1 Å². The van der Waals surface area contributed by atoms with Gasteiger partial charge in [-0.05, 0) is 35.6 Å². The van der Waals surface area contributed by atoms with Gasteiger partial charge in [-0.2, -0.15) is 5.10 Å². The topological polar surface area (TPSA) is 78.6 Å². The summed E-state index contributed by atoms with van der Waals surface area (Å²) >= 11 is 0. The molecule has 0 saturated heterocycles. The van der Waals surface area contributed by atoms with Gasteiger partial charge in [-0.1, -0.05) is 42.5 Å². The Bertz CT molecular complexity index is 1250. The fourth-order valence-corrected chi connectivity index (χ4v) is 4.26. The molecule has 0 bridgehead atoms. The third-order valence-corrected chi connectivity index (χ3v) is 5.77. The number of carbonyl (C=O) groups excluding carboxylic acids is 1. The van der Waals surface area contributed by atoms with Gasteiger partial charge in [0.25, 0.3) is 0 Å². The monoisotopic (exact) mass is 414 g/mol. The first-order valence-corrected chi connectivity index (χ1v) is 10.2. The summed E-state index contributed by atoms with van der Waals surface area (Å²) in [7, 11) is 3.29. The van der Waals surface area contributed by atoms with Gasteiger partial charge in [0.1, 0.15) is 5.75 Å². The number of ether oxygens (including phenoxy) is 2. The van der Waals surface area contributed by atoms with Crippen molar-refractivity contribution in [1.82, 2.24) is 19.8 Å². The van der Waals surface area contributed by atoms with Crippen molar-refractivity contribution in [2.75, 3.05) is 14.2 Å². The standard InChI is InChI=1S/C24H22N4O3/c1-30-14-19-22(16-6-4-3-5-7-16)24-26-25-23-20(28(24)27-19)12-17(13-21(23)29)15-8-10-18(31-2)11-9-15/h3-11,17H,12-14H2,1-2H3. The van der Waals surface area contributed by atoms with Crippen LogP contribution in [0.4, 0.5) is 0 Å². The number of fused-ring (bicyclic) bond motifs is 3. The Morgan fingerprint density at radius 1 is 1.00 bits per heavy atom. The van der Waals surface area contributed by atoms with E-state index in [0.29, 0.717) is 30.8 Å². The van der Waals surface area contributed by atoms with Gasteiger partial charge in [0.2, 0.25) is 0 Å². The molecule has 4 aromatic rings. The van der Waals surface area contributed by atoms with E-state index in [1.165, 1.54) is 0 Å². The molecule has 1 atom stereocenters. The molecule has 7 nitrogen and oxygen atoms in total. The van der Waals surface area contributed by atoms with Crippen molar-refractivity contribution in [3.8, 4) is 16.9 Å². The van der Waals surface area contributed by atoms with E-state index in [-0.39, 0.29) is 11.7 Å². The van der Waals surface area contributed by atoms with Crippen molar-refractivity contribution >= 4 is 11.4 Å². The van der Waals surface area contributed by atoms with Crippen LogP contribution in [0.1, 0.15) is 39.8 Å². The lowest BCUT2D eigenvalue weighted by atomic mass is 9.83. The average Bonchev–Trinajstić information content (AvgIpc) is 3.18. The molecule has 156 valence electrons. The molecule has 2 aromatic carbocycles. The highest BCUT2D eigenvalue weighted by molar-refractivity contribution is 5.97. The molecule has 1 aliphatic rings. The first-order chi connectivity index (χ1) is 15.2. The van der Waals surface area contributed by atoms with Gasteiger partial charge in [-0.15, -0.1) is 10.2 Å². The van der Waals surface area contributed by atoms with Crippen molar-refractivity contribution in [2.45, 2.75) is 25.4 Å². The van der Waals surface area contributed by atoms with Crippen LogP contribution in [0, 0.1) is 0 Å². The summed E-state index contributed by atoms with van der Waals surface area (Å²) in [5.74, 6) is 0.832. The summed E-state index contributed by atoms with van der Waals surface area (Å²) in [6.07, 6.45) is 1.05. The van der Waals surface area contributed by atoms with Crippen LogP contribution in [0.25, 0.3) is 16.8 Å². The number of methoxy groups -OCH3 is 2. The fourth-order valence-electron chi connectivity index (χ4n) is 4.26. The van der Waals surface area contributed by atoms with Gasteiger partial charge in [-0.3, -0.25) is 4.79 Å². The first kappa shape index (κ1) is 19.4. The highest BCUT2D eigenvalue weighted by Gasteiger charge is 2.32. The van der Waals surface area contributed by atoms with Gasteiger partial charge >= 0.3 is 0 Å². The van der Waals surface area contributed by atoms with Crippen LogP contribution in [0.15, 0.2) is 54.6 Å². The number of carbonyl (C=O) groups is 1. The number of benzene rings is 2. The van der Waals surface area contributed by atoms with Crippen LogP contribution >= 0.6 is 0 Å². The van der Waals surface area contributed by atoms with E-state index in [2.05, 4.69) is 10.2 Å². The highest BCUT2D eigenvalue weighted by atomic mass is 16.5. The number of Topliss-reactive ketones (excluding diaryl/α,β-unsaturated/α-hetero) is 1. The molecule has 31 heavy (non-hydrogen) atoms. The Balaban J connectivity index is 1.64. The molecule has 2 heterocycles. The van der Waals surface area contributed by atoms with Crippen molar-refractivity contribution in [1.29, 1.82) is 0 Å². The molecule has 0 amide bonds. The minimum absolute atomic E-state index is 0.0125. The van der Waals surface area contributed by atoms with E-state index in [4.69, 9.17) is 14.6 Å². The number of hydrogen-bond acceptors (Lipinski definition) is 6. The summed E-state index contributed by atoms with van der Waals surface area (Å²) in [5.41, 5.74) is 5.59. The predicted molar refractivity (Wildman–Crippen MR) is 115 cm³/mol. The van der Waals surface area contributed by atoms with Crippen molar-refractivity contribution in [3.63, 3.8) is 0 Å². The minimum atomic E-state index is -0.0125. The van der Waals surface area contributed by atoms with E-state index in [1.807, 2.05) is 54.6 Å². The number of aromatic nitrogens is 4. The average molecular weight is 414 g/mol. The Kier molecular flexibility index (Phi) is 4.95. The maximum atomic E-state index is 12.9. The molecule has 0 aliphatic heterocycles. The molecule has 0 spiro atoms. The quantitative estimate of drug-likeness (QED) is 0.493. The lowest BCUT2D eigenvalue weighted by Gasteiger charge is -2.23. The highest BCUT2D eigenvalue weighted by Crippen LogP contribution is 2.35. The summed E-state index contributed by atoms with van der Waals surface area (Å²) in [4.78, 5) is 12.9. The van der Waals surface area contributed by atoms with Crippen molar-refractivity contribution in [3.05, 3.63) is 77.2 Å². The maximum absolute atomic E-state index is 12.9. The largest absolute Gasteiger partial charge is 0.497 e. The normalized spacial score (nSPS) is 15.8. The third-order valence-electron chi connectivity index (χ3n) is 5.77. The minimum Gasteiger partial charge on any atom is -0.497 e. The fraction of sp³-hybridized carbons (Fsp3) is 0.250. The molecule has 7 heteroatoms. The van der Waals surface area contributed by atoms with Crippen LogP contribution < -0.4 is 4.74 Å². The second kappa shape index (κ2) is 7.92. The molecule has 0 fully saturated rings. The van der Waals surface area contributed by atoms with E-state index < -0.39 is 0 Å². The Morgan fingerprint density at radius 3 is 2.48 bits per heavy atom. The smallest absolute Gasteiger partial charge is 0.185 e. The SMILES string of the molecule is COCc1nn2c3c(nnc2c1-c1ccccc1)C(=O)CC(c1ccc(OC)cc1)C3. The van der Waals surface area contributed by atoms with Crippen LogP contribution in [0.3, 0.4) is 0 Å². The lowest BCUT2D eigenvalue weighted by Crippen LogP contribution is -2.24. The van der Waals surface area contributed by atoms with Crippen LogP contribution in [-0.2, 0) is 17.8 Å². The van der Waals surface area contributed by atoms with Crippen LogP contribution in [-0.4, -0.2) is 39.8 Å². The van der Waals surface area contributed by atoms with E-state index in [0.717, 1.165) is 33.8 Å². The predicted octanol–water partition coefficient (Wildman–Crippen LogP) is 3.86. The summed E-state index contributed by atoms with van der Waals surface area (Å²) in [5, 5.41) is 13.5. The molecule has 1 aliphatic carbocycles. The zero-order valence-corrected chi connectivity index (χ0v) is 17.4. The molecular formula is C24H22N4O3. The van der Waals surface area contributed by atoms with Gasteiger partial charge in [0.05, 0.1) is 30.7 Å². The van der Waals surface area contributed by atoms with Crippen molar-refractivity contribution in [2.24, 2.45) is 0 Å². The van der Waals surface area contributed by atoms with Gasteiger partial charge in [0, 0.05) is 13.5 Å². The number of nitrogens with zero attached hydrogens (tertiary/aromatic N) is 4. The Labute approximate surface area is 179 Å². The lowest BCUT2D eigenvalue weighted by molar-refractivity contribution is 0.0955. The number of hydrogen-bond donors (Lipinski definition) is 0. The molecule has 1 unspecified atom stereocenters. The summed E-state index contributed by atoms with van der Waals surface area (Å²) < 4.78 is 12.4. The van der Waals surface area contributed by atoms with E-state index in [1.54, 1.807) is 18.7 Å². The van der Waals surface area contributed by atoms with E-state index >= 15 is 0 Å². The van der Waals surface area contributed by atoms with Crippen LogP contribution in [0.2, 0.25) is 0 Å². The molecule has 0 saturated carbocycles. The zero-order valence-electron chi connectivity index (χ0n) is 17.4. The van der Waals surface area contributed by atoms with Crippen molar-refractivity contribution < 1.29 is 14.3 Å². The Morgan fingerprint density at radius 2 is 1.77 bits per heavy atom. The van der Waals surface area contributed by atoms with E-state index in [9.17, 15) is 4.79 Å². The zero-order chi connectivity index (χ0) is 21.4. The molecule has 0 radical (unpaired) electrons. The number of ketones is 1. The Hall–Kier alpha value is -3.58. The molecule has 2 aromatic heterocycles. The van der Waals surface area contributed by atoms with Gasteiger partial charge in [-0.25, -0.2) is 4.52 Å². The maximum Gasteiger partial charge on any atom is 0.185 e. The number of rotatable bonds is 5. The molecular weight excluding hydrogens is 392 g/mol.